The van der Waals surface area contributed by atoms with E-state index in [2.05, 4.69) is 49.3 Å². The summed E-state index contributed by atoms with van der Waals surface area (Å²) in [5.74, 6) is 0.727. The van der Waals surface area contributed by atoms with Crippen molar-refractivity contribution in [2.45, 2.75) is 70.4 Å². The van der Waals surface area contributed by atoms with Gasteiger partial charge in [0.2, 0.25) is 0 Å². The van der Waals surface area contributed by atoms with Gasteiger partial charge in [0, 0.05) is 6.04 Å². The van der Waals surface area contributed by atoms with Gasteiger partial charge in [0.25, 0.3) is 0 Å². The van der Waals surface area contributed by atoms with E-state index in [1.807, 2.05) is 6.08 Å². The minimum atomic E-state index is 0.141. The lowest BCUT2D eigenvalue weighted by Crippen LogP contribution is -2.37. The molecule has 2 rings (SSSR count). The number of hydrogen-bond acceptors (Lipinski definition) is 2. The molecule has 1 aromatic rings. The molecule has 0 unspecified atom stereocenters. The summed E-state index contributed by atoms with van der Waals surface area (Å²) in [5.41, 5.74) is 4.66. The van der Waals surface area contributed by atoms with Crippen LogP contribution in [0, 0.1) is 5.92 Å². The summed E-state index contributed by atoms with van der Waals surface area (Å²) in [5, 5.41) is 0. The van der Waals surface area contributed by atoms with Gasteiger partial charge in [-0.2, -0.15) is 5.48 Å². The third-order valence-electron chi connectivity index (χ3n) is 4.72. The minimum absolute atomic E-state index is 0.141. The number of benzene rings is 1. The van der Waals surface area contributed by atoms with Crippen LogP contribution >= 0.6 is 0 Å². The predicted octanol–water partition coefficient (Wildman–Crippen LogP) is 5.57. The molecule has 2 nitrogen and oxygen atoms in total. The fourth-order valence-electron chi connectivity index (χ4n) is 3.45. The molecule has 0 amide bonds. The SMILES string of the molecule is C=CC[C@@H](NO[C@H](CCC)c1ccccc1)C1CCCCC1. The standard InChI is InChI=1S/C20H31NO/c1-3-11-19(17-13-7-5-8-14-17)21-22-20(12-4-2)18-15-9-6-10-16-18/h3,6,9-10,15-17,19-21H,1,4-5,7-8,11-14H2,2H3/t19-,20-/m1/s1. The first-order chi connectivity index (χ1) is 10.8. The van der Waals surface area contributed by atoms with Crippen molar-refractivity contribution in [3.05, 3.63) is 48.6 Å². The highest BCUT2D eigenvalue weighted by Crippen LogP contribution is 2.29. The van der Waals surface area contributed by atoms with Crippen molar-refractivity contribution >= 4 is 0 Å². The van der Waals surface area contributed by atoms with Crippen LogP contribution in [0.25, 0.3) is 0 Å². The molecule has 122 valence electrons. The number of hydroxylamine groups is 1. The summed E-state index contributed by atoms with van der Waals surface area (Å²) < 4.78 is 0. The van der Waals surface area contributed by atoms with Gasteiger partial charge >= 0.3 is 0 Å². The molecule has 1 N–H and O–H groups in total. The first-order valence-corrected chi connectivity index (χ1v) is 8.92. The quantitative estimate of drug-likeness (QED) is 0.475. The Labute approximate surface area is 135 Å². The molecule has 1 saturated carbocycles. The monoisotopic (exact) mass is 301 g/mol. The normalized spacial score (nSPS) is 18.8. The molecule has 22 heavy (non-hydrogen) atoms. The first kappa shape index (κ1) is 17.2. The van der Waals surface area contributed by atoms with Crippen LogP contribution in [0.4, 0.5) is 0 Å². The van der Waals surface area contributed by atoms with Crippen molar-refractivity contribution in [1.29, 1.82) is 0 Å². The number of rotatable bonds is 9. The van der Waals surface area contributed by atoms with Gasteiger partial charge in [0.15, 0.2) is 0 Å². The molecule has 0 bridgehead atoms. The molecule has 1 aliphatic rings. The van der Waals surface area contributed by atoms with Gasteiger partial charge < -0.3 is 0 Å². The second-order valence-electron chi connectivity index (χ2n) is 6.45. The second-order valence-corrected chi connectivity index (χ2v) is 6.45. The van der Waals surface area contributed by atoms with Crippen LogP contribution in [0.5, 0.6) is 0 Å². The molecule has 0 aromatic heterocycles. The van der Waals surface area contributed by atoms with Gasteiger partial charge in [-0.25, -0.2) is 0 Å². The molecule has 0 saturated heterocycles. The van der Waals surface area contributed by atoms with Crippen molar-refractivity contribution in [2.75, 3.05) is 0 Å². The molecule has 2 heteroatoms. The van der Waals surface area contributed by atoms with Crippen LogP contribution in [0.15, 0.2) is 43.0 Å². The van der Waals surface area contributed by atoms with Crippen molar-refractivity contribution in [1.82, 2.24) is 5.48 Å². The Morgan fingerprint density at radius 1 is 1.23 bits per heavy atom. The Morgan fingerprint density at radius 3 is 2.59 bits per heavy atom. The fourth-order valence-corrected chi connectivity index (χ4v) is 3.45. The highest BCUT2D eigenvalue weighted by atomic mass is 16.7. The highest BCUT2D eigenvalue weighted by Gasteiger charge is 2.24. The maximum absolute atomic E-state index is 6.14. The molecule has 0 aliphatic heterocycles. The molecule has 1 aromatic carbocycles. The molecule has 1 fully saturated rings. The van der Waals surface area contributed by atoms with Gasteiger partial charge in [-0.05, 0) is 37.2 Å². The smallest absolute Gasteiger partial charge is 0.104 e. The maximum atomic E-state index is 6.14. The zero-order chi connectivity index (χ0) is 15.6. The van der Waals surface area contributed by atoms with E-state index in [0.717, 1.165) is 25.2 Å². The summed E-state index contributed by atoms with van der Waals surface area (Å²) in [4.78, 5) is 6.14. The van der Waals surface area contributed by atoms with Crippen molar-refractivity contribution < 1.29 is 4.84 Å². The summed E-state index contributed by atoms with van der Waals surface area (Å²) in [7, 11) is 0. The lowest BCUT2D eigenvalue weighted by atomic mass is 9.83. The van der Waals surface area contributed by atoms with Crippen LogP contribution in [0.2, 0.25) is 0 Å². The first-order valence-electron chi connectivity index (χ1n) is 8.92. The lowest BCUT2D eigenvalue weighted by molar-refractivity contribution is -0.0622. The summed E-state index contributed by atoms with van der Waals surface area (Å²) in [6.07, 6.45) is 12.1. The molecule has 0 heterocycles. The molecule has 0 spiro atoms. The topological polar surface area (TPSA) is 21.3 Å². The minimum Gasteiger partial charge on any atom is -0.293 e. The van der Waals surface area contributed by atoms with E-state index >= 15 is 0 Å². The average molecular weight is 301 g/mol. The second kappa shape index (κ2) is 9.81. The Hall–Kier alpha value is -1.12. The molecule has 1 aliphatic carbocycles. The molecule has 2 atom stereocenters. The predicted molar refractivity (Wildman–Crippen MR) is 93.5 cm³/mol. The van der Waals surface area contributed by atoms with Crippen molar-refractivity contribution in [2.24, 2.45) is 5.92 Å². The fraction of sp³-hybridized carbons (Fsp3) is 0.600. The number of hydrogen-bond donors (Lipinski definition) is 1. The van der Waals surface area contributed by atoms with Gasteiger partial charge in [-0.15, -0.1) is 6.58 Å². The van der Waals surface area contributed by atoms with E-state index in [4.69, 9.17) is 4.84 Å². The Bertz CT molecular complexity index is 411. The van der Waals surface area contributed by atoms with E-state index in [1.165, 1.54) is 37.7 Å². The third-order valence-corrected chi connectivity index (χ3v) is 4.72. The van der Waals surface area contributed by atoms with Crippen molar-refractivity contribution in [3.8, 4) is 0 Å². The van der Waals surface area contributed by atoms with Gasteiger partial charge in [-0.3, -0.25) is 4.84 Å². The van der Waals surface area contributed by atoms with E-state index in [1.54, 1.807) is 0 Å². The molecular weight excluding hydrogens is 270 g/mol. The largest absolute Gasteiger partial charge is 0.293 e. The Kier molecular flexibility index (Phi) is 7.68. The zero-order valence-electron chi connectivity index (χ0n) is 14.0. The maximum Gasteiger partial charge on any atom is 0.104 e. The van der Waals surface area contributed by atoms with E-state index in [0.29, 0.717) is 6.04 Å². The van der Waals surface area contributed by atoms with Crippen LogP contribution < -0.4 is 5.48 Å². The number of nitrogens with one attached hydrogen (secondary N) is 1. The van der Waals surface area contributed by atoms with Crippen LogP contribution in [0.1, 0.15) is 70.0 Å². The Balaban J connectivity index is 1.94. The molecular formula is C20H31NO. The summed E-state index contributed by atoms with van der Waals surface area (Å²) >= 11 is 0. The average Bonchev–Trinajstić information content (AvgIpc) is 2.59. The zero-order valence-corrected chi connectivity index (χ0v) is 14.0. The van der Waals surface area contributed by atoms with Crippen LogP contribution in [0.3, 0.4) is 0 Å². The van der Waals surface area contributed by atoms with Crippen LogP contribution in [-0.4, -0.2) is 6.04 Å². The third kappa shape index (κ3) is 5.26. The molecule has 0 radical (unpaired) electrons. The summed E-state index contributed by atoms with van der Waals surface area (Å²) in [6.45, 7) is 6.13. The van der Waals surface area contributed by atoms with Gasteiger partial charge in [0.1, 0.15) is 6.10 Å². The van der Waals surface area contributed by atoms with Crippen molar-refractivity contribution in [3.63, 3.8) is 0 Å². The van der Waals surface area contributed by atoms with E-state index < -0.39 is 0 Å². The van der Waals surface area contributed by atoms with Gasteiger partial charge in [-0.1, -0.05) is 69.0 Å². The van der Waals surface area contributed by atoms with E-state index in [-0.39, 0.29) is 6.10 Å². The summed E-state index contributed by atoms with van der Waals surface area (Å²) in [6, 6.07) is 11.0. The lowest BCUT2D eigenvalue weighted by Gasteiger charge is -2.31. The van der Waals surface area contributed by atoms with Crippen LogP contribution in [-0.2, 0) is 4.84 Å². The van der Waals surface area contributed by atoms with Gasteiger partial charge in [0.05, 0.1) is 0 Å². The highest BCUT2D eigenvalue weighted by molar-refractivity contribution is 5.17. The Morgan fingerprint density at radius 2 is 1.95 bits per heavy atom. The van der Waals surface area contributed by atoms with E-state index in [9.17, 15) is 0 Å².